The molecule has 3 heteroatoms. The lowest BCUT2D eigenvalue weighted by Gasteiger charge is -2.11. The molecule has 1 aliphatic rings. The molecule has 1 saturated heterocycles. The number of hydrogen-bond donors (Lipinski definition) is 1. The summed E-state index contributed by atoms with van der Waals surface area (Å²) >= 11 is 0. The average Bonchev–Trinajstić information content (AvgIpc) is 2.74. The second-order valence-corrected chi connectivity index (χ2v) is 4.14. The number of nitrogens with zero attached hydrogens (tertiary/aromatic N) is 1. The molecule has 2 rings (SSSR count). The molecule has 1 N–H and O–H groups in total. The van der Waals surface area contributed by atoms with Gasteiger partial charge >= 0.3 is 0 Å². The summed E-state index contributed by atoms with van der Waals surface area (Å²) in [6.45, 7) is 5.16. The number of rotatable bonds is 4. The van der Waals surface area contributed by atoms with Crippen LogP contribution in [0, 0.1) is 12.8 Å². The molecule has 82 valence electrons. The van der Waals surface area contributed by atoms with Crippen LogP contribution in [0.2, 0.25) is 0 Å². The van der Waals surface area contributed by atoms with E-state index < -0.39 is 0 Å². The Kier molecular flexibility index (Phi) is 3.56. The topological polar surface area (TPSA) is 34.1 Å². The Hall–Kier alpha value is -1.09. The highest BCUT2D eigenvalue weighted by Crippen LogP contribution is 2.17. The van der Waals surface area contributed by atoms with Crippen molar-refractivity contribution in [1.82, 2.24) is 10.3 Å². The normalized spacial score (nSPS) is 20.5. The summed E-state index contributed by atoms with van der Waals surface area (Å²) in [5.41, 5.74) is 1.11. The van der Waals surface area contributed by atoms with Gasteiger partial charge < -0.3 is 10.1 Å². The Balaban J connectivity index is 1.75. The van der Waals surface area contributed by atoms with Gasteiger partial charge in [0, 0.05) is 18.0 Å². The molecule has 0 aromatic carbocycles. The molecule has 0 radical (unpaired) electrons. The van der Waals surface area contributed by atoms with Crippen molar-refractivity contribution in [2.75, 3.05) is 19.7 Å². The van der Waals surface area contributed by atoms with Crippen LogP contribution in [-0.2, 0) is 0 Å². The van der Waals surface area contributed by atoms with E-state index in [0.29, 0.717) is 0 Å². The number of pyridine rings is 1. The summed E-state index contributed by atoms with van der Waals surface area (Å²) in [5.74, 6) is 1.77. The first kappa shape index (κ1) is 10.4. The van der Waals surface area contributed by atoms with E-state index in [4.69, 9.17) is 4.74 Å². The molecule has 0 aliphatic carbocycles. The van der Waals surface area contributed by atoms with Crippen molar-refractivity contribution in [3.8, 4) is 5.75 Å². The third kappa shape index (κ3) is 2.93. The van der Waals surface area contributed by atoms with Gasteiger partial charge in [-0.05, 0) is 44.8 Å². The zero-order chi connectivity index (χ0) is 10.5. The van der Waals surface area contributed by atoms with Gasteiger partial charge in [-0.15, -0.1) is 0 Å². The van der Waals surface area contributed by atoms with Crippen LogP contribution in [0.3, 0.4) is 0 Å². The van der Waals surface area contributed by atoms with Crippen molar-refractivity contribution >= 4 is 0 Å². The molecule has 0 spiro atoms. The van der Waals surface area contributed by atoms with Crippen molar-refractivity contribution in [2.24, 2.45) is 5.92 Å². The van der Waals surface area contributed by atoms with Crippen molar-refractivity contribution in [1.29, 1.82) is 0 Å². The van der Waals surface area contributed by atoms with Gasteiger partial charge in [-0.2, -0.15) is 0 Å². The Morgan fingerprint density at radius 1 is 1.60 bits per heavy atom. The van der Waals surface area contributed by atoms with E-state index in [0.717, 1.165) is 36.8 Å². The van der Waals surface area contributed by atoms with E-state index in [-0.39, 0.29) is 0 Å². The molecule has 1 aromatic heterocycles. The van der Waals surface area contributed by atoms with Crippen LogP contribution in [0.25, 0.3) is 0 Å². The lowest BCUT2D eigenvalue weighted by atomic mass is 10.1. The lowest BCUT2D eigenvalue weighted by molar-refractivity contribution is 0.281. The Morgan fingerprint density at radius 3 is 3.27 bits per heavy atom. The third-order valence-corrected chi connectivity index (χ3v) is 2.91. The van der Waals surface area contributed by atoms with Crippen LogP contribution in [-0.4, -0.2) is 24.7 Å². The van der Waals surface area contributed by atoms with E-state index in [1.165, 1.54) is 13.0 Å². The van der Waals surface area contributed by atoms with Crippen molar-refractivity contribution in [3.63, 3.8) is 0 Å². The van der Waals surface area contributed by atoms with Gasteiger partial charge in [0.1, 0.15) is 5.75 Å². The summed E-state index contributed by atoms with van der Waals surface area (Å²) in [5, 5.41) is 3.37. The van der Waals surface area contributed by atoms with Gasteiger partial charge in [-0.1, -0.05) is 0 Å². The molecule has 1 atom stereocenters. The molecule has 1 aliphatic heterocycles. The fourth-order valence-electron chi connectivity index (χ4n) is 1.92. The molecule has 0 saturated carbocycles. The molecule has 1 unspecified atom stereocenters. The van der Waals surface area contributed by atoms with Crippen molar-refractivity contribution in [2.45, 2.75) is 19.8 Å². The lowest BCUT2D eigenvalue weighted by Crippen LogP contribution is -2.11. The summed E-state index contributed by atoms with van der Waals surface area (Å²) in [7, 11) is 0. The van der Waals surface area contributed by atoms with Crippen LogP contribution in [0.15, 0.2) is 18.5 Å². The Labute approximate surface area is 90.9 Å². The molecular formula is C12H18N2O. The maximum Gasteiger partial charge on any atom is 0.125 e. The first-order valence-electron chi connectivity index (χ1n) is 5.60. The van der Waals surface area contributed by atoms with E-state index >= 15 is 0 Å². The minimum Gasteiger partial charge on any atom is -0.493 e. The molecule has 15 heavy (non-hydrogen) atoms. The van der Waals surface area contributed by atoms with E-state index in [2.05, 4.69) is 10.3 Å². The Morgan fingerprint density at radius 2 is 2.53 bits per heavy atom. The molecule has 1 aromatic rings. The Bertz CT molecular complexity index is 308. The van der Waals surface area contributed by atoms with Crippen LogP contribution in [0.4, 0.5) is 0 Å². The van der Waals surface area contributed by atoms with E-state index in [1.54, 1.807) is 6.20 Å². The van der Waals surface area contributed by atoms with Crippen molar-refractivity contribution in [3.05, 3.63) is 24.0 Å². The molecule has 1 fully saturated rings. The van der Waals surface area contributed by atoms with Crippen LogP contribution in [0.5, 0.6) is 5.75 Å². The second-order valence-electron chi connectivity index (χ2n) is 4.14. The molecule has 0 amide bonds. The number of hydrogen-bond acceptors (Lipinski definition) is 3. The SMILES string of the molecule is Cc1cnccc1OCCC1CCNC1. The maximum atomic E-state index is 5.73. The standard InChI is InChI=1S/C12H18N2O/c1-10-8-13-6-3-12(10)15-7-4-11-2-5-14-9-11/h3,6,8,11,14H,2,4-5,7,9H2,1H3. The predicted molar refractivity (Wildman–Crippen MR) is 60.1 cm³/mol. The van der Waals surface area contributed by atoms with Gasteiger partial charge in [-0.3, -0.25) is 4.98 Å². The zero-order valence-corrected chi connectivity index (χ0v) is 9.20. The highest BCUT2D eigenvalue weighted by Gasteiger charge is 2.13. The quantitative estimate of drug-likeness (QED) is 0.815. The smallest absolute Gasteiger partial charge is 0.125 e. The van der Waals surface area contributed by atoms with Crippen LogP contribution >= 0.6 is 0 Å². The zero-order valence-electron chi connectivity index (χ0n) is 9.20. The monoisotopic (exact) mass is 206 g/mol. The van der Waals surface area contributed by atoms with Gasteiger partial charge in [-0.25, -0.2) is 0 Å². The maximum absolute atomic E-state index is 5.73. The minimum absolute atomic E-state index is 0.798. The molecular weight excluding hydrogens is 188 g/mol. The summed E-state index contributed by atoms with van der Waals surface area (Å²) in [6, 6.07) is 1.93. The molecule has 3 nitrogen and oxygen atoms in total. The minimum atomic E-state index is 0.798. The number of aromatic nitrogens is 1. The number of nitrogens with one attached hydrogen (secondary N) is 1. The number of ether oxygens (including phenoxy) is 1. The summed E-state index contributed by atoms with van der Waals surface area (Å²) in [6.07, 6.45) is 6.05. The molecule has 0 bridgehead atoms. The van der Waals surface area contributed by atoms with Gasteiger partial charge in [0.25, 0.3) is 0 Å². The van der Waals surface area contributed by atoms with Gasteiger partial charge in [0.2, 0.25) is 0 Å². The first-order valence-corrected chi connectivity index (χ1v) is 5.60. The fraction of sp³-hybridized carbons (Fsp3) is 0.583. The number of aryl methyl sites for hydroxylation is 1. The predicted octanol–water partition coefficient (Wildman–Crippen LogP) is 1.77. The van der Waals surface area contributed by atoms with Crippen LogP contribution in [0.1, 0.15) is 18.4 Å². The second kappa shape index (κ2) is 5.12. The van der Waals surface area contributed by atoms with Crippen LogP contribution < -0.4 is 10.1 Å². The molecule has 2 heterocycles. The largest absolute Gasteiger partial charge is 0.493 e. The average molecular weight is 206 g/mol. The third-order valence-electron chi connectivity index (χ3n) is 2.91. The van der Waals surface area contributed by atoms with E-state index in [1.807, 2.05) is 19.2 Å². The highest BCUT2D eigenvalue weighted by atomic mass is 16.5. The van der Waals surface area contributed by atoms with Gasteiger partial charge in [0.15, 0.2) is 0 Å². The summed E-state index contributed by atoms with van der Waals surface area (Å²) < 4.78 is 5.73. The first-order chi connectivity index (χ1) is 7.36. The van der Waals surface area contributed by atoms with Crippen molar-refractivity contribution < 1.29 is 4.74 Å². The highest BCUT2D eigenvalue weighted by molar-refractivity contribution is 5.28. The van der Waals surface area contributed by atoms with E-state index in [9.17, 15) is 0 Å². The van der Waals surface area contributed by atoms with Gasteiger partial charge in [0.05, 0.1) is 6.61 Å². The fourth-order valence-corrected chi connectivity index (χ4v) is 1.92. The summed E-state index contributed by atoms with van der Waals surface area (Å²) in [4.78, 5) is 4.04.